The maximum absolute atomic E-state index is 15.0. The van der Waals surface area contributed by atoms with Crippen LogP contribution in [0, 0.1) is 41.4 Å². The molecule has 6 heteroatoms. The number of carbonyl (C=O) groups excluding carboxylic acids is 1. The highest BCUT2D eigenvalue weighted by molar-refractivity contribution is 5.81. The van der Waals surface area contributed by atoms with Gasteiger partial charge in [-0.1, -0.05) is 43.3 Å². The number of esters is 1. The van der Waals surface area contributed by atoms with Crippen molar-refractivity contribution in [3.63, 3.8) is 0 Å². The Morgan fingerprint density at radius 3 is 2.66 bits per heavy atom. The third-order valence-corrected chi connectivity index (χ3v) is 7.18. The number of rotatable bonds is 4. The lowest BCUT2D eigenvalue weighted by Crippen LogP contribution is -2.53. The van der Waals surface area contributed by atoms with Gasteiger partial charge in [0.1, 0.15) is 6.10 Å². The molecule has 1 aromatic carbocycles. The summed E-state index contributed by atoms with van der Waals surface area (Å²) in [6.45, 7) is 5.27. The van der Waals surface area contributed by atoms with E-state index in [1.807, 2.05) is 49.4 Å². The SMILES string of the molecule is Cc1ccccc1-c1ccc(/C=C/[C@@H]2[C@@H]3[C@@H](C)OC(=O)[C@]3(CC#N)CC(F)(F)[C@H]2C)nc1. The average Bonchev–Trinajstić information content (AvgIpc) is 2.98. The fourth-order valence-electron chi connectivity index (χ4n) is 5.44. The molecule has 0 N–H and O–H groups in total. The molecule has 2 aliphatic rings. The van der Waals surface area contributed by atoms with Crippen molar-refractivity contribution in [3.8, 4) is 17.2 Å². The molecule has 4 nitrogen and oxygen atoms in total. The monoisotopic (exact) mass is 436 g/mol. The second-order valence-corrected chi connectivity index (χ2v) is 9.08. The van der Waals surface area contributed by atoms with Gasteiger partial charge in [0, 0.05) is 30.0 Å². The average molecular weight is 437 g/mol. The van der Waals surface area contributed by atoms with Gasteiger partial charge in [-0.3, -0.25) is 9.78 Å². The van der Waals surface area contributed by atoms with E-state index in [1.165, 1.54) is 6.92 Å². The Balaban J connectivity index is 1.65. The Hall–Kier alpha value is -3.07. The zero-order valence-electron chi connectivity index (χ0n) is 18.4. The maximum Gasteiger partial charge on any atom is 0.314 e. The molecule has 32 heavy (non-hydrogen) atoms. The van der Waals surface area contributed by atoms with Crippen molar-refractivity contribution in [2.45, 2.75) is 45.6 Å². The van der Waals surface area contributed by atoms with Gasteiger partial charge in [0.25, 0.3) is 5.92 Å². The van der Waals surface area contributed by atoms with Crippen LogP contribution in [0.5, 0.6) is 0 Å². The smallest absolute Gasteiger partial charge is 0.314 e. The van der Waals surface area contributed by atoms with E-state index in [1.54, 1.807) is 25.3 Å². The van der Waals surface area contributed by atoms with Crippen LogP contribution in [0.4, 0.5) is 8.78 Å². The molecule has 2 aromatic rings. The summed E-state index contributed by atoms with van der Waals surface area (Å²) in [6.07, 6.45) is 3.79. The number of alkyl halides is 2. The Bertz CT molecular complexity index is 1090. The third kappa shape index (κ3) is 3.60. The number of aryl methyl sites for hydroxylation is 1. The lowest BCUT2D eigenvalue weighted by molar-refractivity contribution is -0.170. The fourth-order valence-corrected chi connectivity index (χ4v) is 5.44. The Morgan fingerprint density at radius 2 is 2.00 bits per heavy atom. The molecule has 166 valence electrons. The number of ether oxygens (including phenoxy) is 1. The molecular formula is C26H26F2N2O2. The van der Waals surface area contributed by atoms with Crippen LogP contribution in [0.15, 0.2) is 48.7 Å². The lowest BCUT2D eigenvalue weighted by atomic mass is 9.55. The van der Waals surface area contributed by atoms with Crippen molar-refractivity contribution in [2.75, 3.05) is 0 Å². The molecule has 1 saturated carbocycles. The van der Waals surface area contributed by atoms with E-state index in [4.69, 9.17) is 4.74 Å². The van der Waals surface area contributed by atoms with Crippen LogP contribution in [-0.2, 0) is 9.53 Å². The van der Waals surface area contributed by atoms with Gasteiger partial charge in [0.05, 0.1) is 23.6 Å². The van der Waals surface area contributed by atoms with E-state index < -0.39 is 47.6 Å². The number of nitriles is 1. The summed E-state index contributed by atoms with van der Waals surface area (Å²) in [5.74, 6) is -5.84. The standard InChI is InChI=1S/C26H26F2N2O2/c1-16-6-4-5-7-21(16)19-8-9-20(30-14-19)10-11-22-17(2)26(27,28)15-25(12-13-29)23(22)18(3)32-24(25)31/h4-11,14,17-18,22-23H,12,15H2,1-3H3/b11-10+/t17-,18+,22-,23-,25+/m0/s1. The molecule has 4 rings (SSSR count). The first-order valence-electron chi connectivity index (χ1n) is 10.9. The largest absolute Gasteiger partial charge is 0.462 e. The number of allylic oxidation sites excluding steroid dienone is 1. The first-order valence-corrected chi connectivity index (χ1v) is 10.9. The number of halogens is 2. The van der Waals surface area contributed by atoms with Crippen molar-refractivity contribution in [2.24, 2.45) is 23.2 Å². The van der Waals surface area contributed by atoms with E-state index in [9.17, 15) is 18.8 Å². The molecule has 0 spiro atoms. The second-order valence-electron chi connectivity index (χ2n) is 9.08. The summed E-state index contributed by atoms with van der Waals surface area (Å²) in [6, 6.07) is 13.8. The van der Waals surface area contributed by atoms with Gasteiger partial charge >= 0.3 is 5.97 Å². The number of nitrogens with zero attached hydrogens (tertiary/aromatic N) is 2. The zero-order chi connectivity index (χ0) is 23.1. The zero-order valence-corrected chi connectivity index (χ0v) is 18.4. The Labute approximate surface area is 186 Å². The van der Waals surface area contributed by atoms with Crippen LogP contribution in [0.3, 0.4) is 0 Å². The van der Waals surface area contributed by atoms with Crippen molar-refractivity contribution < 1.29 is 18.3 Å². The molecule has 1 aliphatic carbocycles. The highest BCUT2D eigenvalue weighted by Gasteiger charge is 2.67. The van der Waals surface area contributed by atoms with E-state index in [0.717, 1.165) is 16.7 Å². The summed E-state index contributed by atoms with van der Waals surface area (Å²) < 4.78 is 35.4. The first-order chi connectivity index (χ1) is 15.2. The molecule has 0 amide bonds. The van der Waals surface area contributed by atoms with E-state index >= 15 is 0 Å². The fraction of sp³-hybridized carbons (Fsp3) is 0.423. The molecule has 1 saturated heterocycles. The van der Waals surface area contributed by atoms with Gasteiger partial charge < -0.3 is 4.74 Å². The van der Waals surface area contributed by atoms with E-state index in [2.05, 4.69) is 4.98 Å². The van der Waals surface area contributed by atoms with E-state index in [-0.39, 0.29) is 6.42 Å². The number of pyridine rings is 1. The highest BCUT2D eigenvalue weighted by atomic mass is 19.3. The second kappa shape index (κ2) is 8.12. The van der Waals surface area contributed by atoms with Crippen LogP contribution in [-0.4, -0.2) is 23.0 Å². The van der Waals surface area contributed by atoms with Crippen molar-refractivity contribution in [3.05, 3.63) is 59.9 Å². The minimum absolute atomic E-state index is 0.267. The molecule has 0 unspecified atom stereocenters. The predicted molar refractivity (Wildman–Crippen MR) is 117 cm³/mol. The Morgan fingerprint density at radius 1 is 1.25 bits per heavy atom. The molecule has 2 fully saturated rings. The molecule has 1 aromatic heterocycles. The molecule has 1 aliphatic heterocycles. The number of fused-ring (bicyclic) bond motifs is 1. The van der Waals surface area contributed by atoms with Crippen LogP contribution in [0.25, 0.3) is 17.2 Å². The number of cyclic esters (lactones) is 1. The van der Waals surface area contributed by atoms with Crippen molar-refractivity contribution in [1.82, 2.24) is 4.98 Å². The minimum atomic E-state index is -3.08. The number of hydrogen-bond donors (Lipinski definition) is 0. The Kier molecular flexibility index (Phi) is 5.62. The van der Waals surface area contributed by atoms with Gasteiger partial charge in [0.15, 0.2) is 0 Å². The number of benzene rings is 1. The summed E-state index contributed by atoms with van der Waals surface area (Å²) >= 11 is 0. The van der Waals surface area contributed by atoms with Gasteiger partial charge in [-0.25, -0.2) is 8.78 Å². The number of aromatic nitrogens is 1. The van der Waals surface area contributed by atoms with E-state index in [0.29, 0.717) is 5.69 Å². The third-order valence-electron chi connectivity index (χ3n) is 7.18. The minimum Gasteiger partial charge on any atom is -0.462 e. The van der Waals surface area contributed by atoms with Gasteiger partial charge in [-0.2, -0.15) is 5.26 Å². The first kappa shape index (κ1) is 22.1. The maximum atomic E-state index is 15.0. The summed E-state index contributed by atoms with van der Waals surface area (Å²) in [4.78, 5) is 17.1. The molecule has 5 atom stereocenters. The molecule has 2 heterocycles. The number of carbonyl (C=O) groups is 1. The normalized spacial score (nSPS) is 31.2. The summed E-state index contributed by atoms with van der Waals surface area (Å²) in [7, 11) is 0. The summed E-state index contributed by atoms with van der Waals surface area (Å²) in [5.41, 5.74) is 2.39. The van der Waals surface area contributed by atoms with Crippen molar-refractivity contribution >= 4 is 12.0 Å². The quantitative estimate of drug-likeness (QED) is 0.566. The number of hydrogen-bond acceptors (Lipinski definition) is 4. The summed E-state index contributed by atoms with van der Waals surface area (Å²) in [5, 5.41) is 9.30. The van der Waals surface area contributed by atoms with Gasteiger partial charge in [0.2, 0.25) is 0 Å². The van der Waals surface area contributed by atoms with Gasteiger partial charge in [-0.15, -0.1) is 0 Å². The topological polar surface area (TPSA) is 63.0 Å². The van der Waals surface area contributed by atoms with Gasteiger partial charge in [-0.05, 0) is 43.0 Å². The lowest BCUT2D eigenvalue weighted by Gasteiger charge is -2.47. The highest BCUT2D eigenvalue weighted by Crippen LogP contribution is 2.60. The molecular weight excluding hydrogens is 410 g/mol. The van der Waals surface area contributed by atoms with Crippen LogP contribution < -0.4 is 0 Å². The van der Waals surface area contributed by atoms with Crippen LogP contribution >= 0.6 is 0 Å². The van der Waals surface area contributed by atoms with Crippen LogP contribution in [0.2, 0.25) is 0 Å². The predicted octanol–water partition coefficient (Wildman–Crippen LogP) is 5.82. The molecule has 0 radical (unpaired) electrons. The molecule has 0 bridgehead atoms. The van der Waals surface area contributed by atoms with Crippen molar-refractivity contribution in [1.29, 1.82) is 5.26 Å². The van der Waals surface area contributed by atoms with Crippen LogP contribution in [0.1, 0.15) is 37.9 Å².